The van der Waals surface area contributed by atoms with Crippen LogP contribution in [0, 0.1) is 17.0 Å². The maximum atomic E-state index is 13.2. The largest absolute Gasteiger partial charge is 0.434 e. The monoisotopic (exact) mass is 663 g/mol. The molecule has 1 aromatic heterocycles. The number of benzene rings is 2. The molecule has 0 bridgehead atoms. The summed E-state index contributed by atoms with van der Waals surface area (Å²) >= 11 is 0. The SMILES string of the molecule is Cc1cc(C(=O)NCC(O)Cn2ccnc2[N+](=O)[O-])ccc1C1=C2C=CC(=[N+]3CCCC3)C=C2[Si](C)(C)c2cc(N3CCCC3)ccc21. The van der Waals surface area contributed by atoms with Crippen LogP contribution in [-0.4, -0.2) is 82.7 Å². The molecule has 11 heteroatoms. The first-order valence-electron chi connectivity index (χ1n) is 17.0. The van der Waals surface area contributed by atoms with Crippen molar-refractivity contribution in [1.29, 1.82) is 0 Å². The third kappa shape index (κ3) is 5.85. The third-order valence-electron chi connectivity index (χ3n) is 10.4. The van der Waals surface area contributed by atoms with Gasteiger partial charge in [-0.1, -0.05) is 30.2 Å². The van der Waals surface area contributed by atoms with Crippen LogP contribution in [0.25, 0.3) is 5.57 Å². The Bertz CT molecular complexity index is 1920. The number of anilines is 1. The van der Waals surface area contributed by atoms with Gasteiger partial charge in [0.2, 0.25) is 0 Å². The summed E-state index contributed by atoms with van der Waals surface area (Å²) in [5.41, 5.74) is 9.03. The van der Waals surface area contributed by atoms with Gasteiger partial charge < -0.3 is 25.4 Å². The van der Waals surface area contributed by atoms with Crippen molar-refractivity contribution < 1.29 is 19.4 Å². The number of nitro groups is 1. The van der Waals surface area contributed by atoms with Crippen LogP contribution in [0.4, 0.5) is 11.6 Å². The molecule has 48 heavy (non-hydrogen) atoms. The standard InChI is InChI=1S/C37H42N6O4Si/c1-25-20-26(36(45)39-23-29(44)24-42-19-14-38-37(42)43(46)47)8-11-30(25)35-31-12-9-27(40-15-4-5-16-40)21-33(31)48(2,3)34-22-28(10-13-32(34)35)41-17-6-7-18-41/h8-14,19-22,29,44H,4-7,15-18,23-24H2,1-3H3/p+1. The van der Waals surface area contributed by atoms with Crippen LogP contribution in [0.3, 0.4) is 0 Å². The van der Waals surface area contributed by atoms with Crippen molar-refractivity contribution in [3.63, 3.8) is 0 Å². The van der Waals surface area contributed by atoms with E-state index in [1.807, 2.05) is 12.1 Å². The highest BCUT2D eigenvalue weighted by Crippen LogP contribution is 2.43. The fourth-order valence-electron chi connectivity index (χ4n) is 7.76. The Morgan fingerprint density at radius 3 is 2.56 bits per heavy atom. The van der Waals surface area contributed by atoms with Gasteiger partial charge in [0.1, 0.15) is 39.7 Å². The van der Waals surface area contributed by atoms with E-state index in [1.54, 1.807) is 0 Å². The molecule has 248 valence electrons. The normalized spacial score (nSPS) is 18.9. The van der Waals surface area contributed by atoms with E-state index in [2.05, 4.69) is 82.3 Å². The van der Waals surface area contributed by atoms with Crippen LogP contribution in [0.2, 0.25) is 13.1 Å². The fraction of sp³-hybridized carbons (Fsp3) is 0.378. The van der Waals surface area contributed by atoms with Crippen LogP contribution in [-0.2, 0) is 6.54 Å². The number of nitrogens with one attached hydrogen (secondary N) is 1. The molecule has 1 atom stereocenters. The van der Waals surface area contributed by atoms with Crippen molar-refractivity contribution in [1.82, 2.24) is 14.9 Å². The van der Waals surface area contributed by atoms with Crippen LogP contribution in [0.5, 0.6) is 0 Å². The summed E-state index contributed by atoms with van der Waals surface area (Å²) in [6.07, 6.45) is 13.8. The molecule has 3 aromatic rings. The topological polar surface area (TPSA) is 117 Å². The number of imidazole rings is 1. The number of hydrogen-bond acceptors (Lipinski definition) is 6. The van der Waals surface area contributed by atoms with Gasteiger partial charge in [-0.25, -0.2) is 9.14 Å². The van der Waals surface area contributed by atoms with E-state index < -0.39 is 19.1 Å². The Hall–Kier alpha value is -4.61. The Morgan fingerprint density at radius 1 is 1.08 bits per heavy atom. The van der Waals surface area contributed by atoms with E-state index >= 15 is 0 Å². The summed E-state index contributed by atoms with van der Waals surface area (Å²) in [7, 11) is -2.08. The van der Waals surface area contributed by atoms with Gasteiger partial charge >= 0.3 is 5.95 Å². The van der Waals surface area contributed by atoms with Gasteiger partial charge in [-0.15, -0.1) is 0 Å². The van der Waals surface area contributed by atoms with Gasteiger partial charge in [-0.05, 0) is 93.2 Å². The number of fused-ring (bicyclic) bond motifs is 2. The highest BCUT2D eigenvalue weighted by atomic mass is 28.3. The Kier molecular flexibility index (Phi) is 8.51. The van der Waals surface area contributed by atoms with Crippen molar-refractivity contribution in [3.8, 4) is 0 Å². The van der Waals surface area contributed by atoms with Crippen molar-refractivity contribution in [3.05, 3.63) is 110 Å². The van der Waals surface area contributed by atoms with Gasteiger partial charge in [-0.3, -0.25) is 4.79 Å². The molecular formula is C37H43N6O4Si+. The van der Waals surface area contributed by atoms with E-state index in [-0.39, 0.29) is 24.9 Å². The minimum absolute atomic E-state index is 0.0501. The molecule has 10 nitrogen and oxygen atoms in total. The summed E-state index contributed by atoms with van der Waals surface area (Å²) in [5, 5.41) is 27.4. The molecular weight excluding hydrogens is 621 g/mol. The number of rotatable bonds is 8. The lowest BCUT2D eigenvalue weighted by molar-refractivity contribution is -0.504. The van der Waals surface area contributed by atoms with E-state index in [0.29, 0.717) is 5.56 Å². The second-order valence-electron chi connectivity index (χ2n) is 13.9. The minimum Gasteiger partial charge on any atom is -0.390 e. The average Bonchev–Trinajstić information content (AvgIpc) is 3.88. The summed E-state index contributed by atoms with van der Waals surface area (Å²) in [5.74, 6) is -0.655. The zero-order chi connectivity index (χ0) is 33.6. The molecule has 2 saturated heterocycles. The number of aryl methyl sites for hydroxylation is 1. The first-order chi connectivity index (χ1) is 23.1. The quantitative estimate of drug-likeness (QED) is 0.159. The number of allylic oxidation sites excluding steroid dienone is 5. The van der Waals surface area contributed by atoms with E-state index in [4.69, 9.17) is 0 Å². The lowest BCUT2D eigenvalue weighted by Gasteiger charge is -2.38. The second kappa shape index (κ2) is 12.8. The highest BCUT2D eigenvalue weighted by Gasteiger charge is 2.41. The second-order valence-corrected chi connectivity index (χ2v) is 18.2. The third-order valence-corrected chi connectivity index (χ3v) is 13.9. The molecule has 0 spiro atoms. The number of aromatic nitrogens is 2. The zero-order valence-corrected chi connectivity index (χ0v) is 28.9. The molecule has 2 aromatic carbocycles. The zero-order valence-electron chi connectivity index (χ0n) is 27.9. The van der Waals surface area contributed by atoms with E-state index in [0.717, 1.165) is 37.3 Å². The van der Waals surface area contributed by atoms with Crippen molar-refractivity contribution in [2.24, 2.45) is 0 Å². The smallest absolute Gasteiger partial charge is 0.390 e. The highest BCUT2D eigenvalue weighted by molar-refractivity contribution is 6.98. The van der Waals surface area contributed by atoms with Crippen LogP contribution in [0.15, 0.2) is 77.8 Å². The van der Waals surface area contributed by atoms with E-state index in [9.17, 15) is 20.0 Å². The predicted molar refractivity (Wildman–Crippen MR) is 191 cm³/mol. The van der Waals surface area contributed by atoms with E-state index in [1.165, 1.54) is 81.1 Å². The number of carbonyl (C=O) groups excluding carboxylic acids is 1. The Morgan fingerprint density at radius 2 is 1.83 bits per heavy atom. The summed E-state index contributed by atoms with van der Waals surface area (Å²) < 4.78 is 3.78. The molecule has 1 aliphatic carbocycles. The van der Waals surface area contributed by atoms with Gasteiger partial charge in [0.25, 0.3) is 5.91 Å². The number of nitrogens with zero attached hydrogens (tertiary/aromatic N) is 5. The van der Waals surface area contributed by atoms with Crippen molar-refractivity contribution in [2.75, 3.05) is 37.6 Å². The molecule has 0 radical (unpaired) electrons. The Labute approximate surface area is 282 Å². The molecule has 1 unspecified atom stereocenters. The van der Waals surface area contributed by atoms with Crippen molar-refractivity contribution in [2.45, 2.75) is 58.3 Å². The molecule has 1 amide bonds. The van der Waals surface area contributed by atoms with Crippen molar-refractivity contribution >= 4 is 42.1 Å². The lowest BCUT2D eigenvalue weighted by Crippen LogP contribution is -2.50. The maximum absolute atomic E-state index is 13.2. The van der Waals surface area contributed by atoms with Crippen LogP contribution in [0.1, 0.15) is 52.7 Å². The van der Waals surface area contributed by atoms with Gasteiger partial charge in [0.05, 0.1) is 6.54 Å². The van der Waals surface area contributed by atoms with Gasteiger partial charge in [0, 0.05) is 55.9 Å². The summed E-state index contributed by atoms with van der Waals surface area (Å²) in [6.45, 7) is 11.4. The molecule has 4 heterocycles. The average molecular weight is 664 g/mol. The lowest BCUT2D eigenvalue weighted by atomic mass is 9.87. The molecule has 3 aliphatic heterocycles. The summed E-state index contributed by atoms with van der Waals surface area (Å²) in [4.78, 5) is 30.0. The number of carbonyl (C=O) groups is 1. The fourth-order valence-corrected chi connectivity index (χ4v) is 10.8. The molecule has 7 rings (SSSR count). The first-order valence-corrected chi connectivity index (χ1v) is 20.0. The maximum Gasteiger partial charge on any atom is 0.434 e. The minimum atomic E-state index is -2.08. The van der Waals surface area contributed by atoms with Crippen LogP contribution >= 0.6 is 0 Å². The number of hydrogen-bond donors (Lipinski definition) is 2. The first kappa shape index (κ1) is 32.0. The number of aliphatic hydroxyl groups excluding tert-OH is 1. The van der Waals surface area contributed by atoms with Gasteiger partial charge in [-0.2, -0.15) is 0 Å². The molecule has 4 aliphatic rings. The molecule has 2 N–H and O–H groups in total. The molecule has 2 fully saturated rings. The number of aliphatic hydroxyl groups is 1. The van der Waals surface area contributed by atoms with Crippen LogP contribution < -0.4 is 15.4 Å². The predicted octanol–water partition coefficient (Wildman–Crippen LogP) is 4.50. The summed E-state index contributed by atoms with van der Waals surface area (Å²) in [6, 6.07) is 12.9. The molecule has 0 saturated carbocycles. The number of amides is 1. The van der Waals surface area contributed by atoms with Gasteiger partial charge in [0.15, 0.2) is 5.71 Å². The Balaban J connectivity index is 1.21.